The zero-order valence-electron chi connectivity index (χ0n) is 23.6. The highest BCUT2D eigenvalue weighted by Gasteiger charge is 2.15. The van der Waals surface area contributed by atoms with Gasteiger partial charge in [0.2, 0.25) is 0 Å². The summed E-state index contributed by atoms with van der Waals surface area (Å²) in [5.41, 5.74) is 11.8. The lowest BCUT2D eigenvalue weighted by Crippen LogP contribution is -2.19. The third kappa shape index (κ3) is 13.4. The van der Waals surface area contributed by atoms with Crippen LogP contribution in [0.2, 0.25) is 0 Å². The molecule has 0 fully saturated rings. The average molecular weight is 493 g/mol. The summed E-state index contributed by atoms with van der Waals surface area (Å²) in [6.07, 6.45) is 15.6. The molecule has 1 aliphatic rings. The lowest BCUT2D eigenvalue weighted by molar-refractivity contribution is 0.590. The molecule has 1 heterocycles. The summed E-state index contributed by atoms with van der Waals surface area (Å²) in [5, 5.41) is 2.07. The molecular weight excluding hydrogens is 444 g/mol. The third-order valence-electron chi connectivity index (χ3n) is 5.26. The van der Waals surface area contributed by atoms with Gasteiger partial charge in [-0.25, -0.2) is 0 Å². The van der Waals surface area contributed by atoms with Crippen molar-refractivity contribution in [2.45, 2.75) is 80.1 Å². The Morgan fingerprint density at radius 3 is 2.31 bits per heavy atom. The van der Waals surface area contributed by atoms with Gasteiger partial charge in [-0.2, -0.15) is 0 Å². The first-order valence-corrected chi connectivity index (χ1v) is 14.2. The Bertz CT molecular complexity index is 927. The lowest BCUT2D eigenvalue weighted by atomic mass is 9.87. The molecule has 192 valence electrons. The van der Waals surface area contributed by atoms with Crippen LogP contribution in [0.4, 0.5) is 0 Å². The number of nitrogens with two attached hydrogens (primary N) is 1. The van der Waals surface area contributed by atoms with Crippen LogP contribution < -0.4 is 5.73 Å². The van der Waals surface area contributed by atoms with Crippen LogP contribution in [0, 0.1) is 17.8 Å². The highest BCUT2D eigenvalue weighted by molar-refractivity contribution is 8.01. The van der Waals surface area contributed by atoms with Crippen LogP contribution in [0.5, 0.6) is 0 Å². The monoisotopic (exact) mass is 492 g/mol. The van der Waals surface area contributed by atoms with Crippen molar-refractivity contribution in [3.05, 3.63) is 81.9 Å². The van der Waals surface area contributed by atoms with Gasteiger partial charge in [-0.05, 0) is 79.2 Å². The number of rotatable bonds is 6. The van der Waals surface area contributed by atoms with E-state index >= 15 is 0 Å². The molecule has 0 aromatic heterocycles. The maximum absolute atomic E-state index is 5.70. The van der Waals surface area contributed by atoms with E-state index in [1.807, 2.05) is 27.0 Å². The van der Waals surface area contributed by atoms with E-state index in [1.165, 1.54) is 11.1 Å². The smallest absolute Gasteiger partial charge is 0.0403 e. The SMILES string of the molecule is CC.CC/C=C(C#Cc1ccc(C(C)(C)C)cc1)\C=C/SC.CC/C=C\C1=C(C)N=CCC1CN. The van der Waals surface area contributed by atoms with Gasteiger partial charge in [0.25, 0.3) is 0 Å². The fourth-order valence-electron chi connectivity index (χ4n) is 3.26. The van der Waals surface area contributed by atoms with Gasteiger partial charge < -0.3 is 5.73 Å². The van der Waals surface area contributed by atoms with Gasteiger partial charge in [0.15, 0.2) is 0 Å². The summed E-state index contributed by atoms with van der Waals surface area (Å²) in [6.45, 7) is 17.7. The van der Waals surface area contributed by atoms with E-state index in [2.05, 4.69) is 112 Å². The van der Waals surface area contributed by atoms with Gasteiger partial charge in [-0.3, -0.25) is 4.99 Å². The molecule has 0 radical (unpaired) electrons. The second-order valence-corrected chi connectivity index (χ2v) is 9.76. The van der Waals surface area contributed by atoms with Crippen molar-refractivity contribution in [2.75, 3.05) is 12.8 Å². The first-order chi connectivity index (χ1) is 16.8. The lowest BCUT2D eigenvalue weighted by Gasteiger charge is -2.19. The zero-order chi connectivity index (χ0) is 26.7. The van der Waals surface area contributed by atoms with Crippen molar-refractivity contribution in [3.8, 4) is 11.8 Å². The number of allylic oxidation sites excluding steroid dienone is 6. The molecule has 2 N–H and O–H groups in total. The van der Waals surface area contributed by atoms with Crippen molar-refractivity contribution < 1.29 is 0 Å². The number of hydrogen-bond donors (Lipinski definition) is 1. The van der Waals surface area contributed by atoms with Crippen molar-refractivity contribution in [1.29, 1.82) is 0 Å². The van der Waals surface area contributed by atoms with E-state index in [0.29, 0.717) is 12.5 Å². The molecule has 1 aromatic carbocycles. The normalized spacial score (nSPS) is 15.8. The maximum atomic E-state index is 5.70. The molecule has 0 amide bonds. The highest BCUT2D eigenvalue weighted by atomic mass is 32.2. The number of thioether (sulfide) groups is 1. The molecule has 0 saturated heterocycles. The van der Waals surface area contributed by atoms with Crippen LogP contribution in [-0.2, 0) is 5.41 Å². The summed E-state index contributed by atoms with van der Waals surface area (Å²) in [4.78, 5) is 4.31. The quantitative estimate of drug-likeness (QED) is 0.318. The first kappa shape index (κ1) is 32.7. The number of benzene rings is 1. The number of aliphatic imine (C=N–C) groups is 1. The Morgan fingerprint density at radius 2 is 1.80 bits per heavy atom. The largest absolute Gasteiger partial charge is 0.330 e. The maximum Gasteiger partial charge on any atom is 0.0403 e. The third-order valence-corrected chi connectivity index (χ3v) is 5.67. The van der Waals surface area contributed by atoms with Crippen molar-refractivity contribution in [1.82, 2.24) is 0 Å². The Kier molecular flexibility index (Phi) is 17.7. The molecule has 1 aromatic rings. The van der Waals surface area contributed by atoms with Gasteiger partial charge in [0.1, 0.15) is 0 Å². The molecular formula is C32H48N2S. The summed E-state index contributed by atoms with van der Waals surface area (Å²) in [6, 6.07) is 8.56. The van der Waals surface area contributed by atoms with Crippen LogP contribution in [0.3, 0.4) is 0 Å². The van der Waals surface area contributed by atoms with Crippen LogP contribution in [0.15, 0.2) is 75.8 Å². The number of hydrogen-bond acceptors (Lipinski definition) is 3. The fourth-order valence-corrected chi connectivity index (χ4v) is 3.54. The first-order valence-electron chi connectivity index (χ1n) is 12.9. The minimum absolute atomic E-state index is 0.195. The second kappa shape index (κ2) is 19.0. The predicted octanol–water partition coefficient (Wildman–Crippen LogP) is 8.85. The Morgan fingerprint density at radius 1 is 1.14 bits per heavy atom. The molecule has 2 rings (SSSR count). The summed E-state index contributed by atoms with van der Waals surface area (Å²) < 4.78 is 0. The molecule has 0 saturated carbocycles. The standard InChI is InChI=1S/C19H24S.C11H18N2.C2H6/c1-6-7-16(14-15-20-5)8-9-17-10-12-18(13-11-17)19(2,3)4;1-3-4-5-11-9(2)13-7-6-10(11)8-12;1-2/h7,10-15H,6H2,1-5H3;4-5,7,10H,3,6,8,12H2,1-2H3;1-2H3/b15-14-,16-7-;5-4-;. The predicted molar refractivity (Wildman–Crippen MR) is 162 cm³/mol. The van der Waals surface area contributed by atoms with Crippen LogP contribution in [-0.4, -0.2) is 19.0 Å². The molecule has 0 aliphatic carbocycles. The van der Waals surface area contributed by atoms with Crippen molar-refractivity contribution >= 4 is 18.0 Å². The molecule has 1 aliphatic heterocycles. The number of nitrogens with zero attached hydrogens (tertiary/aromatic N) is 1. The molecule has 0 bridgehead atoms. The average Bonchev–Trinajstić information content (AvgIpc) is 2.86. The van der Waals surface area contributed by atoms with Crippen molar-refractivity contribution in [3.63, 3.8) is 0 Å². The molecule has 1 atom stereocenters. The van der Waals surface area contributed by atoms with E-state index in [1.54, 1.807) is 11.8 Å². The van der Waals surface area contributed by atoms with E-state index in [9.17, 15) is 0 Å². The topological polar surface area (TPSA) is 38.4 Å². The molecule has 2 nitrogen and oxygen atoms in total. The van der Waals surface area contributed by atoms with Crippen molar-refractivity contribution in [2.24, 2.45) is 16.6 Å². The highest BCUT2D eigenvalue weighted by Crippen LogP contribution is 2.24. The molecule has 3 heteroatoms. The second-order valence-electron chi connectivity index (χ2n) is 9.01. The molecule has 0 spiro atoms. The van der Waals surface area contributed by atoms with Gasteiger partial charge in [-0.15, -0.1) is 11.8 Å². The fraction of sp³-hybridized carbons (Fsp3) is 0.469. The van der Waals surface area contributed by atoms with E-state index in [-0.39, 0.29) is 5.41 Å². The zero-order valence-corrected chi connectivity index (χ0v) is 24.4. The van der Waals surface area contributed by atoms with Gasteiger partial charge in [0.05, 0.1) is 0 Å². The summed E-state index contributed by atoms with van der Waals surface area (Å²) in [5.74, 6) is 6.95. The molecule has 1 unspecified atom stereocenters. The Balaban J connectivity index is 0.000000665. The van der Waals surface area contributed by atoms with E-state index in [4.69, 9.17) is 5.73 Å². The van der Waals surface area contributed by atoms with Gasteiger partial charge >= 0.3 is 0 Å². The van der Waals surface area contributed by atoms with Crippen LogP contribution in [0.1, 0.15) is 85.8 Å². The minimum Gasteiger partial charge on any atom is -0.330 e. The summed E-state index contributed by atoms with van der Waals surface area (Å²) in [7, 11) is 0. The molecule has 35 heavy (non-hydrogen) atoms. The van der Waals surface area contributed by atoms with E-state index in [0.717, 1.165) is 36.1 Å². The Hall–Kier alpha value is -2.28. The van der Waals surface area contributed by atoms with Gasteiger partial charge in [-0.1, -0.05) is 90.7 Å². The van der Waals surface area contributed by atoms with Crippen LogP contribution >= 0.6 is 11.8 Å². The minimum atomic E-state index is 0.195. The Labute approximate surface area is 221 Å². The van der Waals surface area contributed by atoms with Crippen LogP contribution in [0.25, 0.3) is 0 Å². The van der Waals surface area contributed by atoms with Gasteiger partial charge in [0, 0.05) is 29.0 Å². The summed E-state index contributed by atoms with van der Waals surface area (Å²) >= 11 is 1.69. The van der Waals surface area contributed by atoms with E-state index < -0.39 is 0 Å².